The zero-order valence-electron chi connectivity index (χ0n) is 11.6. The van der Waals surface area contributed by atoms with Crippen molar-refractivity contribution in [2.24, 2.45) is 11.8 Å². The summed E-state index contributed by atoms with van der Waals surface area (Å²) in [5.41, 5.74) is 0. The number of hydrogen-bond acceptors (Lipinski definition) is 2. The predicted octanol–water partition coefficient (Wildman–Crippen LogP) is 2.37. The van der Waals surface area contributed by atoms with E-state index in [1.165, 1.54) is 19.3 Å². The monoisotopic (exact) mass is 238 g/mol. The molecule has 1 amide bonds. The summed E-state index contributed by atoms with van der Waals surface area (Å²) in [5, 5.41) is 3.49. The van der Waals surface area contributed by atoms with Crippen molar-refractivity contribution in [3.8, 4) is 0 Å². The van der Waals surface area contributed by atoms with Crippen LogP contribution in [-0.2, 0) is 4.79 Å². The van der Waals surface area contributed by atoms with Crippen molar-refractivity contribution in [3.05, 3.63) is 0 Å². The number of rotatable bonds is 5. The summed E-state index contributed by atoms with van der Waals surface area (Å²) in [6, 6.07) is 0.429. The van der Waals surface area contributed by atoms with Gasteiger partial charge >= 0.3 is 0 Å². The van der Waals surface area contributed by atoms with E-state index in [0.717, 1.165) is 12.3 Å². The van der Waals surface area contributed by atoms with E-state index < -0.39 is 0 Å². The molecule has 3 nitrogen and oxygen atoms in total. The first kappa shape index (κ1) is 12.9. The van der Waals surface area contributed by atoms with Crippen LogP contribution < -0.4 is 5.32 Å². The van der Waals surface area contributed by atoms with Crippen LogP contribution >= 0.6 is 0 Å². The molecular formula is C14H26N2O. The van der Waals surface area contributed by atoms with Gasteiger partial charge in [-0.2, -0.15) is 0 Å². The van der Waals surface area contributed by atoms with Gasteiger partial charge in [0.25, 0.3) is 0 Å². The van der Waals surface area contributed by atoms with Crippen LogP contribution in [0.5, 0.6) is 0 Å². The van der Waals surface area contributed by atoms with E-state index >= 15 is 0 Å². The van der Waals surface area contributed by atoms with Crippen molar-refractivity contribution >= 4 is 5.91 Å². The van der Waals surface area contributed by atoms with Crippen LogP contribution in [0.2, 0.25) is 0 Å². The summed E-state index contributed by atoms with van der Waals surface area (Å²) in [6.45, 7) is 8.61. The zero-order valence-corrected chi connectivity index (χ0v) is 11.6. The van der Waals surface area contributed by atoms with Crippen LogP contribution in [0.15, 0.2) is 0 Å². The van der Waals surface area contributed by atoms with E-state index in [4.69, 9.17) is 0 Å². The van der Waals surface area contributed by atoms with E-state index in [0.29, 0.717) is 17.9 Å². The van der Waals surface area contributed by atoms with Gasteiger partial charge in [0.2, 0.25) is 5.91 Å². The van der Waals surface area contributed by atoms with Gasteiger partial charge < -0.3 is 4.90 Å². The van der Waals surface area contributed by atoms with Gasteiger partial charge in [-0.05, 0) is 31.6 Å². The molecule has 1 aliphatic heterocycles. The lowest BCUT2D eigenvalue weighted by Crippen LogP contribution is -2.43. The second-order valence-electron chi connectivity index (χ2n) is 6.09. The molecule has 3 heteroatoms. The third-order valence-corrected chi connectivity index (χ3v) is 4.13. The Labute approximate surface area is 105 Å². The fourth-order valence-corrected chi connectivity index (χ4v) is 2.94. The van der Waals surface area contributed by atoms with Crippen molar-refractivity contribution in [2.45, 2.75) is 71.6 Å². The van der Waals surface area contributed by atoms with E-state index in [1.807, 2.05) is 0 Å². The van der Waals surface area contributed by atoms with Crippen LogP contribution in [-0.4, -0.2) is 29.1 Å². The maximum Gasteiger partial charge on any atom is 0.241 e. The third-order valence-electron chi connectivity index (χ3n) is 4.13. The molecule has 2 rings (SSSR count). The summed E-state index contributed by atoms with van der Waals surface area (Å²) in [5.74, 6) is 1.59. The van der Waals surface area contributed by atoms with E-state index in [2.05, 4.69) is 37.9 Å². The fourth-order valence-electron chi connectivity index (χ4n) is 2.94. The molecule has 1 aliphatic carbocycles. The second kappa shape index (κ2) is 4.97. The first-order valence-electron chi connectivity index (χ1n) is 7.12. The Bertz CT molecular complexity index is 286. The van der Waals surface area contributed by atoms with Gasteiger partial charge in [0.1, 0.15) is 0 Å². The Kier molecular flexibility index (Phi) is 3.76. The minimum atomic E-state index is 0.0293. The molecule has 0 aromatic carbocycles. The average molecular weight is 238 g/mol. The van der Waals surface area contributed by atoms with E-state index in [9.17, 15) is 4.79 Å². The first-order chi connectivity index (χ1) is 8.04. The average Bonchev–Trinajstić information content (AvgIpc) is 2.99. The number of hydrogen-bond donors (Lipinski definition) is 1. The molecule has 2 aliphatic rings. The van der Waals surface area contributed by atoms with Crippen molar-refractivity contribution in [3.63, 3.8) is 0 Å². The fraction of sp³-hybridized carbons (Fsp3) is 0.929. The Hall–Kier alpha value is -0.570. The SMILES string of the molecule is CCC1NC(C(C)C)C(=O)N1C(C)CC1CC1. The molecule has 3 unspecified atom stereocenters. The summed E-state index contributed by atoms with van der Waals surface area (Å²) >= 11 is 0. The molecule has 1 N–H and O–H groups in total. The molecule has 2 fully saturated rings. The molecule has 1 saturated carbocycles. The molecule has 1 heterocycles. The molecule has 3 atom stereocenters. The van der Waals surface area contributed by atoms with Crippen LogP contribution in [0.3, 0.4) is 0 Å². The quantitative estimate of drug-likeness (QED) is 0.797. The molecule has 0 aromatic heterocycles. The molecular weight excluding hydrogens is 212 g/mol. The largest absolute Gasteiger partial charge is 0.323 e. The van der Waals surface area contributed by atoms with Crippen molar-refractivity contribution < 1.29 is 4.79 Å². The number of nitrogens with zero attached hydrogens (tertiary/aromatic N) is 1. The molecule has 98 valence electrons. The van der Waals surface area contributed by atoms with Crippen LogP contribution in [0.1, 0.15) is 53.4 Å². The van der Waals surface area contributed by atoms with Gasteiger partial charge in [0, 0.05) is 6.04 Å². The molecule has 1 saturated heterocycles. The topological polar surface area (TPSA) is 32.3 Å². The van der Waals surface area contributed by atoms with Gasteiger partial charge in [-0.15, -0.1) is 0 Å². The lowest BCUT2D eigenvalue weighted by atomic mass is 10.0. The molecule has 17 heavy (non-hydrogen) atoms. The minimum absolute atomic E-state index is 0.0293. The van der Waals surface area contributed by atoms with E-state index in [-0.39, 0.29) is 12.2 Å². The number of amides is 1. The minimum Gasteiger partial charge on any atom is -0.323 e. The lowest BCUT2D eigenvalue weighted by Gasteiger charge is -2.30. The smallest absolute Gasteiger partial charge is 0.241 e. The number of carbonyl (C=O) groups excluding carboxylic acids is 1. The summed E-state index contributed by atoms with van der Waals surface area (Å²) in [6.07, 6.45) is 5.18. The van der Waals surface area contributed by atoms with Crippen LogP contribution in [0.4, 0.5) is 0 Å². The van der Waals surface area contributed by atoms with Crippen molar-refractivity contribution in [2.75, 3.05) is 0 Å². The maximum absolute atomic E-state index is 12.4. The first-order valence-corrected chi connectivity index (χ1v) is 7.12. The van der Waals surface area contributed by atoms with Gasteiger partial charge in [0.05, 0.1) is 12.2 Å². The van der Waals surface area contributed by atoms with Crippen LogP contribution in [0.25, 0.3) is 0 Å². The normalized spacial score (nSPS) is 31.4. The Balaban J connectivity index is 2.04. The molecule has 0 bridgehead atoms. The standard InChI is InChI=1S/C14H26N2O/c1-5-12-15-13(9(2)3)14(17)16(12)10(4)8-11-6-7-11/h9-13,15H,5-8H2,1-4H3. The van der Waals surface area contributed by atoms with Gasteiger partial charge in [-0.1, -0.05) is 33.6 Å². The highest BCUT2D eigenvalue weighted by atomic mass is 16.2. The second-order valence-corrected chi connectivity index (χ2v) is 6.09. The van der Waals surface area contributed by atoms with Crippen molar-refractivity contribution in [1.29, 1.82) is 0 Å². The molecule has 0 spiro atoms. The summed E-state index contributed by atoms with van der Waals surface area (Å²) < 4.78 is 0. The molecule has 0 aromatic rings. The highest BCUT2D eigenvalue weighted by molar-refractivity contribution is 5.84. The van der Waals surface area contributed by atoms with Crippen molar-refractivity contribution in [1.82, 2.24) is 10.2 Å². The summed E-state index contributed by atoms with van der Waals surface area (Å²) in [4.78, 5) is 14.5. The van der Waals surface area contributed by atoms with Gasteiger partial charge in [-0.3, -0.25) is 10.1 Å². The zero-order chi connectivity index (χ0) is 12.6. The Morgan fingerprint density at radius 1 is 1.35 bits per heavy atom. The third kappa shape index (κ3) is 2.65. The lowest BCUT2D eigenvalue weighted by molar-refractivity contribution is -0.132. The molecule has 0 radical (unpaired) electrons. The predicted molar refractivity (Wildman–Crippen MR) is 69.5 cm³/mol. The van der Waals surface area contributed by atoms with Gasteiger partial charge in [-0.25, -0.2) is 0 Å². The van der Waals surface area contributed by atoms with Gasteiger partial charge in [0.15, 0.2) is 0 Å². The number of nitrogens with one attached hydrogen (secondary N) is 1. The summed E-state index contributed by atoms with van der Waals surface area (Å²) in [7, 11) is 0. The highest BCUT2D eigenvalue weighted by Gasteiger charge is 2.42. The highest BCUT2D eigenvalue weighted by Crippen LogP contribution is 2.36. The van der Waals surface area contributed by atoms with Crippen LogP contribution in [0, 0.1) is 11.8 Å². The van der Waals surface area contributed by atoms with E-state index in [1.54, 1.807) is 0 Å². The Morgan fingerprint density at radius 3 is 2.47 bits per heavy atom. The Morgan fingerprint density at radius 2 is 2.00 bits per heavy atom. The maximum atomic E-state index is 12.4. The number of carbonyl (C=O) groups is 1.